The van der Waals surface area contributed by atoms with Crippen LogP contribution >= 0.6 is 0 Å². The zero-order valence-corrected chi connectivity index (χ0v) is 7.91. The molecule has 3 heterocycles. The quantitative estimate of drug-likeness (QED) is 0.587. The number of allylic oxidation sites excluding steroid dienone is 5. The maximum Gasteiger partial charge on any atom is 0.0535 e. The van der Waals surface area contributed by atoms with Gasteiger partial charge in [0.2, 0.25) is 0 Å². The van der Waals surface area contributed by atoms with Crippen LogP contribution in [0.4, 0.5) is 0 Å². The number of nitrogens with zero attached hydrogens (tertiary/aromatic N) is 4. The molecule has 3 aliphatic rings. The van der Waals surface area contributed by atoms with Crippen molar-refractivity contribution in [2.45, 2.75) is 0 Å². The molecule has 15 heavy (non-hydrogen) atoms. The molecule has 74 valence electrons. The average Bonchev–Trinajstić information content (AvgIpc) is 2.74. The molecule has 0 amide bonds. The molecule has 0 aliphatic carbocycles. The normalized spacial score (nSPS) is 26.1. The number of amidine groups is 1. The predicted octanol–water partition coefficient (Wildman–Crippen LogP) is 2.70. The van der Waals surface area contributed by atoms with Crippen LogP contribution in [0, 0.1) is 0 Å². The van der Waals surface area contributed by atoms with Crippen LogP contribution in [0.15, 0.2) is 65.5 Å². The Kier molecular flexibility index (Phi) is 1.71. The second-order valence-electron chi connectivity index (χ2n) is 3.17. The van der Waals surface area contributed by atoms with Gasteiger partial charge >= 0.3 is 0 Å². The molecule has 0 aromatic carbocycles. The summed E-state index contributed by atoms with van der Waals surface area (Å²) < 4.78 is 0. The average molecular weight is 196 g/mol. The van der Waals surface area contributed by atoms with Crippen molar-refractivity contribution in [1.29, 1.82) is 0 Å². The van der Waals surface area contributed by atoms with E-state index in [1.807, 2.05) is 47.6 Å². The Balaban J connectivity index is 1.98. The van der Waals surface area contributed by atoms with E-state index in [0.717, 1.165) is 17.4 Å². The lowest BCUT2D eigenvalue weighted by Gasteiger charge is -2.34. The highest BCUT2D eigenvalue weighted by atomic mass is 15.5. The van der Waals surface area contributed by atoms with Gasteiger partial charge in [0.15, 0.2) is 0 Å². The topological polar surface area (TPSA) is 43.8 Å². The van der Waals surface area contributed by atoms with Crippen LogP contribution in [-0.4, -0.2) is 10.7 Å². The van der Waals surface area contributed by atoms with E-state index in [-0.39, 0.29) is 0 Å². The standard InChI is InChI=1S/C11H8N4/c1-3-7-12-9(5-1)11-14-13-10-6-2-4-8-15(10)11/h1-8H/q-2. The van der Waals surface area contributed by atoms with Gasteiger partial charge in [-0.2, -0.15) is 6.20 Å². The van der Waals surface area contributed by atoms with Crippen LogP contribution < -0.4 is 0 Å². The van der Waals surface area contributed by atoms with Crippen LogP contribution in [0.2, 0.25) is 0 Å². The second-order valence-corrected chi connectivity index (χ2v) is 3.17. The number of fused-ring (bicyclic) bond motifs is 1. The van der Waals surface area contributed by atoms with Crippen LogP contribution in [0.25, 0.3) is 10.7 Å². The summed E-state index contributed by atoms with van der Waals surface area (Å²) in [6.45, 7) is 0. The van der Waals surface area contributed by atoms with Crippen molar-refractivity contribution in [2.75, 3.05) is 0 Å². The maximum absolute atomic E-state index is 4.25. The van der Waals surface area contributed by atoms with E-state index in [1.54, 1.807) is 6.20 Å². The minimum absolute atomic E-state index is 0.770. The molecule has 0 unspecified atom stereocenters. The van der Waals surface area contributed by atoms with E-state index in [1.165, 1.54) is 0 Å². The van der Waals surface area contributed by atoms with Crippen LogP contribution in [-0.2, 0) is 0 Å². The molecule has 0 radical (unpaired) electrons. The van der Waals surface area contributed by atoms with Gasteiger partial charge < -0.3 is 15.6 Å². The molecular weight excluding hydrogens is 188 g/mol. The first kappa shape index (κ1) is 8.11. The van der Waals surface area contributed by atoms with Crippen molar-refractivity contribution >= 4 is 5.84 Å². The molecule has 0 fully saturated rings. The molecular formula is C11H8N4-2. The molecule has 0 atom stereocenters. The molecule has 0 aromatic heterocycles. The molecule has 0 saturated carbocycles. The molecule has 3 aliphatic heterocycles. The van der Waals surface area contributed by atoms with Crippen LogP contribution in [0.3, 0.4) is 0 Å². The van der Waals surface area contributed by atoms with E-state index in [9.17, 15) is 0 Å². The molecule has 0 aromatic rings. The molecule has 0 saturated heterocycles. The van der Waals surface area contributed by atoms with Crippen molar-refractivity contribution in [3.63, 3.8) is 0 Å². The van der Waals surface area contributed by atoms with E-state index < -0.39 is 0 Å². The molecule has 0 bridgehead atoms. The fraction of sp³-hybridized carbons (Fsp3) is 0. The summed E-state index contributed by atoms with van der Waals surface area (Å²) in [5, 5.41) is 8.32. The summed E-state index contributed by atoms with van der Waals surface area (Å²) >= 11 is 0. The highest BCUT2D eigenvalue weighted by Gasteiger charge is 2.09. The van der Waals surface area contributed by atoms with E-state index >= 15 is 0 Å². The summed E-state index contributed by atoms with van der Waals surface area (Å²) in [4.78, 5) is 1.92. The van der Waals surface area contributed by atoms with Crippen molar-refractivity contribution < 1.29 is 0 Å². The van der Waals surface area contributed by atoms with Gasteiger partial charge in [0.05, 0.1) is 5.84 Å². The Bertz CT molecular complexity index is 463. The molecule has 3 rings (SSSR count). The fourth-order valence-corrected chi connectivity index (χ4v) is 1.51. The monoisotopic (exact) mass is 196 g/mol. The van der Waals surface area contributed by atoms with Gasteiger partial charge in [-0.05, 0) is 6.08 Å². The lowest BCUT2D eigenvalue weighted by molar-refractivity contribution is 0.725. The first-order chi connectivity index (χ1) is 7.45. The highest BCUT2D eigenvalue weighted by Crippen LogP contribution is 2.31. The van der Waals surface area contributed by atoms with Crippen molar-refractivity contribution in [3.05, 3.63) is 71.1 Å². The zero-order chi connectivity index (χ0) is 10.1. The van der Waals surface area contributed by atoms with Gasteiger partial charge in [0, 0.05) is 0 Å². The Morgan fingerprint density at radius 2 is 2.00 bits per heavy atom. The summed E-state index contributed by atoms with van der Waals surface area (Å²) in [7, 11) is 0. The lowest BCUT2D eigenvalue weighted by atomic mass is 10.2. The molecule has 0 N–H and O–H groups in total. The van der Waals surface area contributed by atoms with Crippen molar-refractivity contribution in [2.24, 2.45) is 5.10 Å². The maximum atomic E-state index is 4.25. The number of hydrogen-bond donors (Lipinski definition) is 0. The van der Waals surface area contributed by atoms with E-state index in [4.69, 9.17) is 0 Å². The van der Waals surface area contributed by atoms with Gasteiger partial charge in [-0.25, -0.2) is 0 Å². The SMILES string of the molecule is C1=C[N-]C(=C2[N-]N=C3C=CC=CN32)C=C1. The summed E-state index contributed by atoms with van der Waals surface area (Å²) in [5.74, 6) is 1.60. The first-order valence-corrected chi connectivity index (χ1v) is 4.66. The predicted molar refractivity (Wildman–Crippen MR) is 59.6 cm³/mol. The van der Waals surface area contributed by atoms with E-state index in [0.29, 0.717) is 0 Å². The summed E-state index contributed by atoms with van der Waals surface area (Å²) in [6.07, 6.45) is 15.2. The highest BCUT2D eigenvalue weighted by molar-refractivity contribution is 5.99. The van der Waals surface area contributed by atoms with Gasteiger partial charge in [0.1, 0.15) is 0 Å². The summed E-state index contributed by atoms with van der Waals surface area (Å²) in [5.41, 5.74) is 4.95. The van der Waals surface area contributed by atoms with Gasteiger partial charge in [-0.3, -0.25) is 5.10 Å². The Morgan fingerprint density at radius 3 is 2.87 bits per heavy atom. The Hall–Kier alpha value is -2.23. The third-order valence-electron chi connectivity index (χ3n) is 2.21. The second kappa shape index (κ2) is 3.16. The summed E-state index contributed by atoms with van der Waals surface area (Å²) in [6, 6.07) is 0. The Labute approximate surface area is 87.6 Å². The smallest absolute Gasteiger partial charge is 0.0535 e. The first-order valence-electron chi connectivity index (χ1n) is 4.66. The van der Waals surface area contributed by atoms with E-state index in [2.05, 4.69) is 15.8 Å². The Morgan fingerprint density at radius 1 is 1.07 bits per heavy atom. The molecule has 4 heteroatoms. The minimum Gasteiger partial charge on any atom is -0.664 e. The number of hydrogen-bond acceptors (Lipinski definition) is 2. The van der Waals surface area contributed by atoms with Gasteiger partial charge in [0.25, 0.3) is 0 Å². The number of rotatable bonds is 0. The van der Waals surface area contributed by atoms with Crippen molar-refractivity contribution in [3.8, 4) is 0 Å². The third kappa shape index (κ3) is 1.27. The molecule has 0 spiro atoms. The van der Waals surface area contributed by atoms with Gasteiger partial charge in [-0.15, -0.1) is 5.70 Å². The molecule has 4 nitrogen and oxygen atoms in total. The minimum atomic E-state index is 0.770. The lowest BCUT2D eigenvalue weighted by Crippen LogP contribution is -2.20. The third-order valence-corrected chi connectivity index (χ3v) is 2.21. The van der Waals surface area contributed by atoms with Crippen LogP contribution in [0.5, 0.6) is 0 Å². The van der Waals surface area contributed by atoms with Gasteiger partial charge in [-0.1, -0.05) is 42.4 Å². The zero-order valence-electron chi connectivity index (χ0n) is 7.91. The fourth-order valence-electron chi connectivity index (χ4n) is 1.51. The van der Waals surface area contributed by atoms with Crippen molar-refractivity contribution in [1.82, 2.24) is 4.90 Å². The largest absolute Gasteiger partial charge is 0.664 e. The van der Waals surface area contributed by atoms with Crippen LogP contribution in [0.1, 0.15) is 0 Å².